The summed E-state index contributed by atoms with van der Waals surface area (Å²) in [5.74, 6) is 0.195. The Bertz CT molecular complexity index is 531. The molecule has 2 rings (SSSR count). The average molecular weight is 320 g/mol. The summed E-state index contributed by atoms with van der Waals surface area (Å²) in [6.07, 6.45) is -2.66. The SMILES string of the molecule is FC(F)c1cc(Cl)nc(-c2ccc(Br)cc2)n1. The van der Waals surface area contributed by atoms with Crippen molar-refractivity contribution < 1.29 is 8.78 Å². The van der Waals surface area contributed by atoms with Crippen LogP contribution in [0.15, 0.2) is 34.8 Å². The van der Waals surface area contributed by atoms with Crippen molar-refractivity contribution >= 4 is 27.5 Å². The van der Waals surface area contributed by atoms with Gasteiger partial charge >= 0.3 is 0 Å². The summed E-state index contributed by atoms with van der Waals surface area (Å²) in [4.78, 5) is 7.69. The van der Waals surface area contributed by atoms with Gasteiger partial charge in [0.1, 0.15) is 10.8 Å². The van der Waals surface area contributed by atoms with Crippen LogP contribution in [0, 0.1) is 0 Å². The highest BCUT2D eigenvalue weighted by Crippen LogP contribution is 2.24. The number of rotatable bonds is 2. The number of hydrogen-bond donors (Lipinski definition) is 0. The van der Waals surface area contributed by atoms with Crippen LogP contribution < -0.4 is 0 Å². The fourth-order valence-electron chi connectivity index (χ4n) is 1.27. The van der Waals surface area contributed by atoms with Crippen molar-refractivity contribution in [2.75, 3.05) is 0 Å². The number of hydrogen-bond acceptors (Lipinski definition) is 2. The van der Waals surface area contributed by atoms with Gasteiger partial charge < -0.3 is 0 Å². The first-order valence-electron chi connectivity index (χ1n) is 4.65. The molecule has 0 atom stereocenters. The smallest absolute Gasteiger partial charge is 0.227 e. The fraction of sp³-hybridized carbons (Fsp3) is 0.0909. The number of benzene rings is 1. The lowest BCUT2D eigenvalue weighted by Crippen LogP contribution is -1.96. The zero-order chi connectivity index (χ0) is 12.4. The fourth-order valence-corrected chi connectivity index (χ4v) is 1.73. The highest BCUT2D eigenvalue weighted by Gasteiger charge is 2.13. The van der Waals surface area contributed by atoms with Gasteiger partial charge in [0.2, 0.25) is 0 Å². The van der Waals surface area contributed by atoms with Gasteiger partial charge in [-0.1, -0.05) is 39.7 Å². The molecule has 0 N–H and O–H groups in total. The quantitative estimate of drug-likeness (QED) is 0.762. The van der Waals surface area contributed by atoms with E-state index < -0.39 is 6.43 Å². The second kappa shape index (κ2) is 5.06. The van der Waals surface area contributed by atoms with Crippen LogP contribution in [0.25, 0.3) is 11.4 Å². The maximum Gasteiger partial charge on any atom is 0.280 e. The molecule has 0 unspecified atom stereocenters. The van der Waals surface area contributed by atoms with E-state index in [0.29, 0.717) is 5.56 Å². The summed E-state index contributed by atoms with van der Waals surface area (Å²) in [5, 5.41) is 0.00761. The molecule has 0 aliphatic carbocycles. The molecular weight excluding hydrogens is 313 g/mol. The van der Waals surface area contributed by atoms with E-state index in [4.69, 9.17) is 11.6 Å². The Kier molecular flexibility index (Phi) is 3.69. The van der Waals surface area contributed by atoms with E-state index in [1.807, 2.05) is 0 Å². The second-order valence-electron chi connectivity index (χ2n) is 3.25. The summed E-state index contributed by atoms with van der Waals surface area (Å²) in [6, 6.07) is 8.08. The van der Waals surface area contributed by atoms with Crippen molar-refractivity contribution in [2.24, 2.45) is 0 Å². The summed E-state index contributed by atoms with van der Waals surface area (Å²) >= 11 is 8.96. The van der Waals surface area contributed by atoms with E-state index in [0.717, 1.165) is 10.5 Å². The van der Waals surface area contributed by atoms with Crippen molar-refractivity contribution in [1.29, 1.82) is 0 Å². The predicted molar refractivity (Wildman–Crippen MR) is 65.1 cm³/mol. The molecule has 1 aromatic carbocycles. The van der Waals surface area contributed by atoms with Crippen LogP contribution in [0.3, 0.4) is 0 Å². The van der Waals surface area contributed by atoms with Gasteiger partial charge in [0.25, 0.3) is 6.43 Å². The highest BCUT2D eigenvalue weighted by atomic mass is 79.9. The third kappa shape index (κ3) is 2.98. The maximum atomic E-state index is 12.6. The van der Waals surface area contributed by atoms with E-state index in [2.05, 4.69) is 25.9 Å². The van der Waals surface area contributed by atoms with Crippen LogP contribution in [-0.2, 0) is 0 Å². The van der Waals surface area contributed by atoms with Crippen LogP contribution in [0.1, 0.15) is 12.1 Å². The van der Waals surface area contributed by atoms with E-state index in [-0.39, 0.29) is 16.7 Å². The molecule has 0 saturated carbocycles. The summed E-state index contributed by atoms with van der Waals surface area (Å²) in [7, 11) is 0. The summed E-state index contributed by atoms with van der Waals surface area (Å²) in [5.41, 5.74) is 0.264. The van der Waals surface area contributed by atoms with Crippen LogP contribution in [-0.4, -0.2) is 9.97 Å². The van der Waals surface area contributed by atoms with Crippen molar-refractivity contribution in [1.82, 2.24) is 9.97 Å². The summed E-state index contributed by atoms with van der Waals surface area (Å²) in [6.45, 7) is 0. The average Bonchev–Trinajstić information content (AvgIpc) is 2.29. The molecule has 0 spiro atoms. The highest BCUT2D eigenvalue weighted by molar-refractivity contribution is 9.10. The third-order valence-electron chi connectivity index (χ3n) is 2.04. The minimum atomic E-state index is -2.66. The molecule has 6 heteroatoms. The van der Waals surface area contributed by atoms with E-state index in [1.54, 1.807) is 24.3 Å². The molecule has 0 radical (unpaired) electrons. The van der Waals surface area contributed by atoms with Crippen molar-refractivity contribution in [3.8, 4) is 11.4 Å². The molecule has 0 aliphatic heterocycles. The van der Waals surface area contributed by atoms with Crippen molar-refractivity contribution in [3.05, 3.63) is 45.7 Å². The standard InChI is InChI=1S/C11H6BrClF2N2/c12-7-3-1-6(2-4-7)11-16-8(10(14)15)5-9(13)17-11/h1-5,10H. The van der Waals surface area contributed by atoms with Gasteiger partial charge in [-0.2, -0.15) is 0 Å². The Morgan fingerprint density at radius 3 is 2.35 bits per heavy atom. The van der Waals surface area contributed by atoms with Gasteiger partial charge in [-0.25, -0.2) is 18.7 Å². The molecule has 0 bridgehead atoms. The lowest BCUT2D eigenvalue weighted by atomic mass is 10.2. The molecule has 88 valence electrons. The van der Waals surface area contributed by atoms with Crippen LogP contribution in [0.4, 0.5) is 8.78 Å². The van der Waals surface area contributed by atoms with Crippen molar-refractivity contribution in [2.45, 2.75) is 6.43 Å². The van der Waals surface area contributed by atoms with Crippen LogP contribution in [0.5, 0.6) is 0 Å². The first kappa shape index (κ1) is 12.4. The maximum absolute atomic E-state index is 12.6. The Labute approximate surface area is 110 Å². The minimum Gasteiger partial charge on any atom is -0.227 e. The van der Waals surface area contributed by atoms with Gasteiger partial charge in [0.15, 0.2) is 5.82 Å². The first-order valence-corrected chi connectivity index (χ1v) is 5.82. The lowest BCUT2D eigenvalue weighted by molar-refractivity contribution is 0.146. The molecule has 0 saturated heterocycles. The van der Waals surface area contributed by atoms with Gasteiger partial charge in [-0.3, -0.25) is 0 Å². The largest absolute Gasteiger partial charge is 0.280 e. The number of aromatic nitrogens is 2. The molecule has 2 nitrogen and oxygen atoms in total. The molecule has 17 heavy (non-hydrogen) atoms. The Morgan fingerprint density at radius 2 is 1.76 bits per heavy atom. The van der Waals surface area contributed by atoms with E-state index >= 15 is 0 Å². The predicted octanol–water partition coefficient (Wildman–Crippen LogP) is 4.50. The first-order chi connectivity index (χ1) is 8.06. The monoisotopic (exact) mass is 318 g/mol. The Hall–Kier alpha value is -1.07. The van der Waals surface area contributed by atoms with Crippen LogP contribution >= 0.6 is 27.5 Å². The zero-order valence-corrected chi connectivity index (χ0v) is 10.7. The molecule has 2 aromatic rings. The van der Waals surface area contributed by atoms with Crippen molar-refractivity contribution in [3.63, 3.8) is 0 Å². The Balaban J connectivity index is 2.48. The van der Waals surface area contributed by atoms with Gasteiger partial charge in [0, 0.05) is 16.1 Å². The molecule has 1 heterocycles. The zero-order valence-electron chi connectivity index (χ0n) is 8.37. The molecule has 0 amide bonds. The molecular formula is C11H6BrClF2N2. The number of nitrogens with zero attached hydrogens (tertiary/aromatic N) is 2. The number of alkyl halides is 2. The Morgan fingerprint density at radius 1 is 1.12 bits per heavy atom. The normalized spacial score (nSPS) is 10.9. The molecule has 0 fully saturated rings. The van der Waals surface area contributed by atoms with Gasteiger partial charge in [-0.05, 0) is 12.1 Å². The van der Waals surface area contributed by atoms with E-state index in [9.17, 15) is 8.78 Å². The van der Waals surface area contributed by atoms with Gasteiger partial charge in [0.05, 0.1) is 0 Å². The molecule has 0 aliphatic rings. The lowest BCUT2D eigenvalue weighted by Gasteiger charge is -2.04. The minimum absolute atomic E-state index is 0.00761. The second-order valence-corrected chi connectivity index (χ2v) is 4.55. The van der Waals surface area contributed by atoms with Gasteiger partial charge in [-0.15, -0.1) is 0 Å². The third-order valence-corrected chi connectivity index (χ3v) is 2.76. The summed E-state index contributed by atoms with van der Waals surface area (Å²) < 4.78 is 26.0. The van der Waals surface area contributed by atoms with Crippen LogP contribution in [0.2, 0.25) is 5.15 Å². The topological polar surface area (TPSA) is 25.8 Å². The van der Waals surface area contributed by atoms with E-state index in [1.165, 1.54) is 0 Å². The molecule has 1 aromatic heterocycles. The number of halogens is 4.